The Hall–Kier alpha value is -1.05. The van der Waals surface area contributed by atoms with Gasteiger partial charge in [-0.1, -0.05) is 6.92 Å². The number of hydrogen-bond acceptors (Lipinski definition) is 1. The zero-order valence-corrected chi connectivity index (χ0v) is 6.05. The number of ketones is 1. The van der Waals surface area contributed by atoms with Crippen LogP contribution >= 0.6 is 0 Å². The second-order valence-corrected chi connectivity index (χ2v) is 2.26. The summed E-state index contributed by atoms with van der Waals surface area (Å²) >= 11 is 0. The van der Waals surface area contributed by atoms with E-state index in [4.69, 9.17) is 0 Å². The monoisotopic (exact) mass is 137 g/mol. The summed E-state index contributed by atoms with van der Waals surface area (Å²) in [7, 11) is 0. The third-order valence-electron chi connectivity index (χ3n) is 1.44. The van der Waals surface area contributed by atoms with Gasteiger partial charge in [-0.3, -0.25) is 4.79 Å². The minimum atomic E-state index is 0.280. The lowest BCUT2D eigenvalue weighted by Crippen LogP contribution is -1.99. The maximum Gasteiger partial charge on any atom is 0.138 e. The first-order valence-corrected chi connectivity index (χ1v) is 3.47. The van der Waals surface area contributed by atoms with Crippen molar-refractivity contribution in [2.45, 2.75) is 19.8 Å². The van der Waals surface area contributed by atoms with Gasteiger partial charge in [0.15, 0.2) is 0 Å². The van der Waals surface area contributed by atoms with Crippen molar-refractivity contribution in [2.24, 2.45) is 0 Å². The zero-order valence-electron chi connectivity index (χ0n) is 6.05. The fourth-order valence-electron chi connectivity index (χ4n) is 0.815. The Morgan fingerprint density at radius 2 is 2.50 bits per heavy atom. The molecule has 1 rings (SSSR count). The van der Waals surface area contributed by atoms with Crippen LogP contribution in [0.15, 0.2) is 18.3 Å². The molecule has 1 heterocycles. The summed E-state index contributed by atoms with van der Waals surface area (Å²) in [4.78, 5) is 13.8. The van der Waals surface area contributed by atoms with E-state index in [1.807, 2.05) is 25.3 Å². The number of nitrogens with one attached hydrogen (secondary N) is 1. The first-order valence-electron chi connectivity index (χ1n) is 3.47. The lowest BCUT2D eigenvalue weighted by molar-refractivity contribution is -0.118. The van der Waals surface area contributed by atoms with Crippen molar-refractivity contribution in [3.05, 3.63) is 24.0 Å². The largest absolute Gasteiger partial charge is 0.365 e. The van der Waals surface area contributed by atoms with Crippen LogP contribution in [0.1, 0.15) is 19.0 Å². The Morgan fingerprint density at radius 1 is 1.70 bits per heavy atom. The smallest absolute Gasteiger partial charge is 0.138 e. The van der Waals surface area contributed by atoms with Crippen molar-refractivity contribution in [3.63, 3.8) is 0 Å². The standard InChI is InChI=1S/C8H11NO/c1-2-8(10)6-7-4-3-5-9-7/h3-5,9H,2,6H2,1H3. The molecular weight excluding hydrogens is 126 g/mol. The quantitative estimate of drug-likeness (QED) is 0.673. The highest BCUT2D eigenvalue weighted by atomic mass is 16.1. The van der Waals surface area contributed by atoms with Gasteiger partial charge in [-0.05, 0) is 12.1 Å². The van der Waals surface area contributed by atoms with Crippen LogP contribution in [0.25, 0.3) is 0 Å². The van der Waals surface area contributed by atoms with E-state index in [-0.39, 0.29) is 5.78 Å². The molecule has 0 aliphatic heterocycles. The molecule has 0 aliphatic carbocycles. The molecule has 0 bridgehead atoms. The number of carbonyl (C=O) groups is 1. The van der Waals surface area contributed by atoms with Crippen molar-refractivity contribution in [3.8, 4) is 0 Å². The second-order valence-electron chi connectivity index (χ2n) is 2.26. The van der Waals surface area contributed by atoms with E-state index in [0.29, 0.717) is 12.8 Å². The fourth-order valence-corrected chi connectivity index (χ4v) is 0.815. The number of carbonyl (C=O) groups excluding carboxylic acids is 1. The van der Waals surface area contributed by atoms with E-state index in [9.17, 15) is 4.79 Å². The minimum absolute atomic E-state index is 0.280. The van der Waals surface area contributed by atoms with Crippen LogP contribution in [0.3, 0.4) is 0 Å². The SMILES string of the molecule is CCC(=O)Cc1ccc[nH]1. The molecule has 0 aromatic carbocycles. The molecule has 0 unspecified atom stereocenters. The molecule has 2 heteroatoms. The number of hydrogen-bond donors (Lipinski definition) is 1. The molecule has 0 amide bonds. The van der Waals surface area contributed by atoms with E-state index in [2.05, 4.69) is 4.98 Å². The topological polar surface area (TPSA) is 32.9 Å². The van der Waals surface area contributed by atoms with Crippen LogP contribution < -0.4 is 0 Å². The van der Waals surface area contributed by atoms with E-state index in [0.717, 1.165) is 5.69 Å². The molecule has 0 atom stereocenters. The Labute approximate surface area is 60.3 Å². The maximum atomic E-state index is 10.9. The van der Waals surface area contributed by atoms with Crippen LogP contribution in [0, 0.1) is 0 Å². The zero-order chi connectivity index (χ0) is 7.40. The van der Waals surface area contributed by atoms with Gasteiger partial charge in [-0.2, -0.15) is 0 Å². The van der Waals surface area contributed by atoms with Crippen molar-refractivity contribution < 1.29 is 4.79 Å². The van der Waals surface area contributed by atoms with Crippen molar-refractivity contribution in [2.75, 3.05) is 0 Å². The van der Waals surface area contributed by atoms with Crippen LogP contribution in [-0.2, 0) is 11.2 Å². The summed E-state index contributed by atoms with van der Waals surface area (Å²) in [5.74, 6) is 0.280. The molecule has 0 radical (unpaired) electrons. The molecule has 2 nitrogen and oxygen atoms in total. The van der Waals surface area contributed by atoms with E-state index in [1.165, 1.54) is 0 Å². The highest BCUT2D eigenvalue weighted by molar-refractivity contribution is 5.80. The van der Waals surface area contributed by atoms with Gasteiger partial charge in [0, 0.05) is 24.7 Å². The average Bonchev–Trinajstić information content (AvgIpc) is 2.40. The van der Waals surface area contributed by atoms with Crippen LogP contribution in [-0.4, -0.2) is 10.8 Å². The van der Waals surface area contributed by atoms with Gasteiger partial charge in [0.1, 0.15) is 5.78 Å². The third-order valence-corrected chi connectivity index (χ3v) is 1.44. The fraction of sp³-hybridized carbons (Fsp3) is 0.375. The van der Waals surface area contributed by atoms with Crippen LogP contribution in [0.4, 0.5) is 0 Å². The molecule has 0 saturated heterocycles. The summed E-state index contributed by atoms with van der Waals surface area (Å²) in [5, 5.41) is 0. The summed E-state index contributed by atoms with van der Waals surface area (Å²) in [6, 6.07) is 3.83. The van der Waals surface area contributed by atoms with Crippen molar-refractivity contribution in [1.82, 2.24) is 4.98 Å². The third kappa shape index (κ3) is 1.72. The van der Waals surface area contributed by atoms with Crippen LogP contribution in [0.5, 0.6) is 0 Å². The Balaban J connectivity index is 2.48. The molecular formula is C8H11NO. The summed E-state index contributed by atoms with van der Waals surface area (Å²) < 4.78 is 0. The average molecular weight is 137 g/mol. The lowest BCUT2D eigenvalue weighted by atomic mass is 10.2. The number of aromatic nitrogens is 1. The van der Waals surface area contributed by atoms with Crippen molar-refractivity contribution in [1.29, 1.82) is 0 Å². The first kappa shape index (κ1) is 7.06. The van der Waals surface area contributed by atoms with Gasteiger partial charge in [0.25, 0.3) is 0 Å². The number of Topliss-reactive ketones (excluding diaryl/α,β-unsaturated/α-hetero) is 1. The molecule has 54 valence electrons. The number of rotatable bonds is 3. The van der Waals surface area contributed by atoms with E-state index >= 15 is 0 Å². The van der Waals surface area contributed by atoms with Gasteiger partial charge >= 0.3 is 0 Å². The first-order chi connectivity index (χ1) is 4.83. The summed E-state index contributed by atoms with van der Waals surface area (Å²) in [6.07, 6.45) is 3.00. The number of H-pyrrole nitrogens is 1. The molecule has 0 aliphatic rings. The molecule has 0 spiro atoms. The maximum absolute atomic E-state index is 10.9. The summed E-state index contributed by atoms with van der Waals surface area (Å²) in [6.45, 7) is 1.88. The Bertz CT molecular complexity index is 201. The van der Waals surface area contributed by atoms with Gasteiger partial charge < -0.3 is 4.98 Å². The molecule has 1 aromatic heterocycles. The van der Waals surface area contributed by atoms with Gasteiger partial charge in [-0.15, -0.1) is 0 Å². The van der Waals surface area contributed by atoms with Gasteiger partial charge in [0.05, 0.1) is 0 Å². The van der Waals surface area contributed by atoms with Crippen LogP contribution in [0.2, 0.25) is 0 Å². The second kappa shape index (κ2) is 3.20. The highest BCUT2D eigenvalue weighted by Crippen LogP contribution is 1.97. The van der Waals surface area contributed by atoms with Gasteiger partial charge in [0.2, 0.25) is 0 Å². The summed E-state index contributed by atoms with van der Waals surface area (Å²) in [5.41, 5.74) is 1.01. The van der Waals surface area contributed by atoms with Gasteiger partial charge in [-0.25, -0.2) is 0 Å². The molecule has 0 saturated carbocycles. The molecule has 1 aromatic rings. The Kier molecular flexibility index (Phi) is 2.26. The Morgan fingerprint density at radius 3 is 3.00 bits per heavy atom. The number of aromatic amines is 1. The predicted molar refractivity (Wildman–Crippen MR) is 39.8 cm³/mol. The van der Waals surface area contributed by atoms with Crippen molar-refractivity contribution >= 4 is 5.78 Å². The molecule has 1 N–H and O–H groups in total. The lowest BCUT2D eigenvalue weighted by Gasteiger charge is -1.92. The van der Waals surface area contributed by atoms with E-state index in [1.54, 1.807) is 0 Å². The highest BCUT2D eigenvalue weighted by Gasteiger charge is 1.99. The molecule has 10 heavy (non-hydrogen) atoms. The predicted octanol–water partition coefficient (Wildman–Crippen LogP) is 1.54. The molecule has 0 fully saturated rings. The minimum Gasteiger partial charge on any atom is -0.365 e. The normalized spacial score (nSPS) is 9.70. The van der Waals surface area contributed by atoms with E-state index < -0.39 is 0 Å².